The zero-order chi connectivity index (χ0) is 23.2. The van der Waals surface area contributed by atoms with Gasteiger partial charge in [-0.25, -0.2) is 4.98 Å². The average Bonchev–Trinajstić information content (AvgIpc) is 3.27. The first-order valence-corrected chi connectivity index (χ1v) is 11.4. The third-order valence-electron chi connectivity index (χ3n) is 4.65. The van der Waals surface area contributed by atoms with Gasteiger partial charge in [-0.15, -0.1) is 11.3 Å². The molecule has 0 radical (unpaired) electrons. The van der Waals surface area contributed by atoms with Gasteiger partial charge in [0.1, 0.15) is 12.4 Å². The summed E-state index contributed by atoms with van der Waals surface area (Å²) in [4.78, 5) is 31.2. The number of hydrogen-bond acceptors (Lipinski definition) is 5. The molecule has 0 aliphatic carbocycles. The number of rotatable bonds is 7. The maximum Gasteiger partial charge on any atom is 0.259 e. The number of hydrogen-bond donors (Lipinski definition) is 1. The summed E-state index contributed by atoms with van der Waals surface area (Å²) in [6, 6.07) is 23.4. The molecule has 4 aromatic rings. The third kappa shape index (κ3) is 5.58. The topological polar surface area (TPSA) is 71.5 Å². The van der Waals surface area contributed by atoms with Gasteiger partial charge in [0.2, 0.25) is 5.91 Å². The van der Waals surface area contributed by atoms with Gasteiger partial charge in [0.05, 0.1) is 16.9 Å². The molecule has 0 bridgehead atoms. The smallest absolute Gasteiger partial charge is 0.259 e. The number of benzene rings is 3. The van der Waals surface area contributed by atoms with E-state index in [0.29, 0.717) is 32.8 Å². The number of halogens is 1. The number of carbonyl (C=O) groups is 2. The number of thiazole rings is 1. The molecule has 6 nitrogen and oxygen atoms in total. The van der Waals surface area contributed by atoms with Gasteiger partial charge in [0.25, 0.3) is 5.91 Å². The van der Waals surface area contributed by atoms with Crippen LogP contribution in [0.5, 0.6) is 5.75 Å². The van der Waals surface area contributed by atoms with E-state index in [1.807, 2.05) is 53.9 Å². The van der Waals surface area contributed by atoms with Crippen LogP contribution in [-0.2, 0) is 11.4 Å². The van der Waals surface area contributed by atoms with Crippen LogP contribution in [0.4, 0.5) is 16.5 Å². The molecule has 1 heterocycles. The Kier molecular flexibility index (Phi) is 7.02. The Morgan fingerprint density at radius 1 is 1.03 bits per heavy atom. The van der Waals surface area contributed by atoms with Crippen LogP contribution in [0.3, 0.4) is 0 Å². The van der Waals surface area contributed by atoms with Gasteiger partial charge in [-0.3, -0.25) is 14.5 Å². The fourth-order valence-corrected chi connectivity index (χ4v) is 4.19. The van der Waals surface area contributed by atoms with E-state index in [1.54, 1.807) is 35.2 Å². The molecule has 0 aliphatic rings. The lowest BCUT2D eigenvalue weighted by atomic mass is 10.2. The van der Waals surface area contributed by atoms with Gasteiger partial charge in [-0.2, -0.15) is 0 Å². The lowest BCUT2D eigenvalue weighted by Crippen LogP contribution is -2.22. The first kappa shape index (κ1) is 22.5. The maximum atomic E-state index is 12.8. The molecule has 1 aromatic heterocycles. The van der Waals surface area contributed by atoms with Crippen molar-refractivity contribution in [2.75, 3.05) is 10.2 Å². The Morgan fingerprint density at radius 3 is 2.42 bits per heavy atom. The molecule has 0 fully saturated rings. The highest BCUT2D eigenvalue weighted by atomic mass is 35.5. The fraction of sp³-hybridized carbons (Fsp3) is 0.0800. The summed E-state index contributed by atoms with van der Waals surface area (Å²) in [6.45, 7) is 1.63. The minimum absolute atomic E-state index is 0.129. The van der Waals surface area contributed by atoms with Crippen molar-refractivity contribution in [3.05, 3.63) is 101 Å². The van der Waals surface area contributed by atoms with Gasteiger partial charge < -0.3 is 10.1 Å². The maximum absolute atomic E-state index is 12.8. The van der Waals surface area contributed by atoms with Crippen molar-refractivity contribution in [2.45, 2.75) is 13.5 Å². The summed E-state index contributed by atoms with van der Waals surface area (Å²) in [5, 5.41) is 5.64. The predicted octanol–water partition coefficient (Wildman–Crippen LogP) is 6.31. The highest BCUT2D eigenvalue weighted by Gasteiger charge is 2.19. The Labute approximate surface area is 200 Å². The molecule has 33 heavy (non-hydrogen) atoms. The van der Waals surface area contributed by atoms with Crippen molar-refractivity contribution in [3.63, 3.8) is 0 Å². The first-order valence-electron chi connectivity index (χ1n) is 10.1. The van der Waals surface area contributed by atoms with Crippen molar-refractivity contribution in [1.29, 1.82) is 0 Å². The second-order valence-electron chi connectivity index (χ2n) is 7.06. The van der Waals surface area contributed by atoms with Gasteiger partial charge in [-0.1, -0.05) is 48.0 Å². The molecule has 0 aliphatic heterocycles. The fourth-order valence-electron chi connectivity index (χ4n) is 3.15. The highest BCUT2D eigenvalue weighted by Crippen LogP contribution is 2.30. The lowest BCUT2D eigenvalue weighted by Gasteiger charge is -2.17. The molecule has 0 saturated heterocycles. The number of aromatic nitrogens is 1. The Balaban J connectivity index is 1.50. The molecular formula is C25H20ClN3O3S. The van der Waals surface area contributed by atoms with Crippen LogP contribution in [0.1, 0.15) is 23.0 Å². The molecule has 0 spiro atoms. The van der Waals surface area contributed by atoms with E-state index in [4.69, 9.17) is 16.3 Å². The second kappa shape index (κ2) is 10.3. The van der Waals surface area contributed by atoms with Crippen LogP contribution in [-0.4, -0.2) is 16.8 Å². The summed E-state index contributed by atoms with van der Waals surface area (Å²) in [5.41, 5.74) is 2.37. The quantitative estimate of drug-likeness (QED) is 0.338. The molecule has 8 heteroatoms. The number of amides is 2. The van der Waals surface area contributed by atoms with Crippen molar-refractivity contribution in [2.24, 2.45) is 0 Å². The van der Waals surface area contributed by atoms with Crippen LogP contribution in [0.15, 0.2) is 84.2 Å². The number of nitrogens with zero attached hydrogens (tertiary/aromatic N) is 2. The lowest BCUT2D eigenvalue weighted by molar-refractivity contribution is -0.115. The van der Waals surface area contributed by atoms with Crippen LogP contribution < -0.4 is 15.0 Å². The van der Waals surface area contributed by atoms with Crippen molar-refractivity contribution >= 4 is 51.3 Å². The van der Waals surface area contributed by atoms with Gasteiger partial charge in [0.15, 0.2) is 5.13 Å². The zero-order valence-electron chi connectivity index (χ0n) is 17.7. The molecule has 1 N–H and O–H groups in total. The minimum Gasteiger partial charge on any atom is -0.486 e. The molecule has 0 atom stereocenters. The SMILES string of the molecule is CC(=O)N(c1ccccc1)c1nc(COc2ccc(Cl)cc2C(=O)Nc2ccccc2)cs1. The molecule has 166 valence electrons. The normalized spacial score (nSPS) is 10.5. The van der Waals surface area contributed by atoms with Crippen LogP contribution >= 0.6 is 22.9 Å². The Bertz CT molecular complexity index is 1260. The van der Waals surface area contributed by atoms with Crippen LogP contribution in [0.2, 0.25) is 5.02 Å². The highest BCUT2D eigenvalue weighted by molar-refractivity contribution is 7.14. The minimum atomic E-state index is -0.329. The number of nitrogens with one attached hydrogen (secondary N) is 1. The molecule has 0 unspecified atom stereocenters. The van der Waals surface area contributed by atoms with Gasteiger partial charge in [0, 0.05) is 23.0 Å². The predicted molar refractivity (Wildman–Crippen MR) is 132 cm³/mol. The van der Waals surface area contributed by atoms with E-state index in [2.05, 4.69) is 10.3 Å². The number of para-hydroxylation sites is 2. The van der Waals surface area contributed by atoms with E-state index in [9.17, 15) is 9.59 Å². The Morgan fingerprint density at radius 2 is 1.73 bits per heavy atom. The van der Waals surface area contributed by atoms with Gasteiger partial charge in [-0.05, 0) is 42.5 Å². The first-order chi connectivity index (χ1) is 16.0. The van der Waals surface area contributed by atoms with Crippen molar-refractivity contribution in [1.82, 2.24) is 4.98 Å². The standard InChI is InChI=1S/C25H20ClN3O3S/c1-17(30)29(21-10-6-3-7-11-21)25-28-20(16-33-25)15-32-23-13-12-18(26)14-22(23)24(31)27-19-8-4-2-5-9-19/h2-14,16H,15H2,1H3,(H,27,31). The third-order valence-corrected chi connectivity index (χ3v) is 5.76. The van der Waals surface area contributed by atoms with E-state index >= 15 is 0 Å². The summed E-state index contributed by atoms with van der Waals surface area (Å²) in [7, 11) is 0. The van der Waals surface area contributed by atoms with E-state index in [0.717, 1.165) is 5.69 Å². The van der Waals surface area contributed by atoms with E-state index in [-0.39, 0.29) is 18.4 Å². The largest absolute Gasteiger partial charge is 0.486 e. The van der Waals surface area contributed by atoms with Gasteiger partial charge >= 0.3 is 0 Å². The second-order valence-corrected chi connectivity index (χ2v) is 8.33. The summed E-state index contributed by atoms with van der Waals surface area (Å²) in [6.07, 6.45) is 0. The summed E-state index contributed by atoms with van der Waals surface area (Å²) >= 11 is 7.47. The monoisotopic (exact) mass is 477 g/mol. The average molecular weight is 478 g/mol. The summed E-state index contributed by atoms with van der Waals surface area (Å²) in [5.74, 6) is -0.0843. The van der Waals surface area contributed by atoms with Crippen LogP contribution in [0.25, 0.3) is 0 Å². The number of anilines is 3. The molecule has 3 aromatic carbocycles. The number of carbonyl (C=O) groups excluding carboxylic acids is 2. The van der Waals surface area contributed by atoms with E-state index in [1.165, 1.54) is 18.3 Å². The molecule has 2 amide bonds. The Hall–Kier alpha value is -3.68. The zero-order valence-corrected chi connectivity index (χ0v) is 19.3. The summed E-state index contributed by atoms with van der Waals surface area (Å²) < 4.78 is 5.92. The molecule has 0 saturated carbocycles. The van der Waals surface area contributed by atoms with E-state index < -0.39 is 0 Å². The van der Waals surface area contributed by atoms with Crippen molar-refractivity contribution in [3.8, 4) is 5.75 Å². The van der Waals surface area contributed by atoms with Crippen molar-refractivity contribution < 1.29 is 14.3 Å². The molecular weight excluding hydrogens is 458 g/mol. The molecule has 4 rings (SSSR count). The number of ether oxygens (including phenoxy) is 1. The van der Waals surface area contributed by atoms with Crippen LogP contribution in [0, 0.1) is 0 Å².